The predicted molar refractivity (Wildman–Crippen MR) is 56.6 cm³/mol. The number of methoxy groups -OCH3 is 1. The lowest BCUT2D eigenvalue weighted by Crippen LogP contribution is -2.04. The normalized spacial score (nSPS) is 10.1. The van der Waals surface area contributed by atoms with Crippen LogP contribution in [0.2, 0.25) is 5.28 Å². The largest absolute Gasteiger partial charge is 0.385 e. The predicted octanol–water partition coefficient (Wildman–Crippen LogP) is 1.97. The van der Waals surface area contributed by atoms with E-state index < -0.39 is 0 Å². The van der Waals surface area contributed by atoms with Crippen molar-refractivity contribution in [3.05, 3.63) is 17.5 Å². The van der Waals surface area contributed by atoms with Crippen LogP contribution in [0.4, 0.5) is 5.82 Å². The Bertz CT molecular complexity index is 270. The zero-order chi connectivity index (χ0) is 10.2. The lowest BCUT2D eigenvalue weighted by atomic mass is 10.3. The van der Waals surface area contributed by atoms with Crippen LogP contribution in [0.5, 0.6) is 0 Å². The Balaban J connectivity index is 2.18. The first-order chi connectivity index (χ1) is 6.83. The maximum Gasteiger partial charge on any atom is 0.224 e. The van der Waals surface area contributed by atoms with Crippen LogP contribution in [0, 0.1) is 0 Å². The maximum absolute atomic E-state index is 5.63. The van der Waals surface area contributed by atoms with E-state index in [0.717, 1.165) is 31.8 Å². The molecule has 0 saturated carbocycles. The van der Waals surface area contributed by atoms with Crippen molar-refractivity contribution in [3.8, 4) is 0 Å². The highest BCUT2D eigenvalue weighted by molar-refractivity contribution is 6.28. The standard InChI is InChI=1S/C9H14ClN3O/c1-14-7-3-2-5-11-8-4-6-12-9(10)13-8/h4,6H,2-3,5,7H2,1H3,(H,11,12,13). The van der Waals surface area contributed by atoms with Gasteiger partial charge >= 0.3 is 0 Å². The fraction of sp³-hybridized carbons (Fsp3) is 0.556. The van der Waals surface area contributed by atoms with Gasteiger partial charge in [0.1, 0.15) is 5.82 Å². The summed E-state index contributed by atoms with van der Waals surface area (Å²) < 4.78 is 4.94. The Morgan fingerprint density at radius 2 is 2.36 bits per heavy atom. The minimum absolute atomic E-state index is 0.270. The molecule has 1 aromatic rings. The van der Waals surface area contributed by atoms with Gasteiger partial charge in [0.15, 0.2) is 0 Å². The summed E-state index contributed by atoms with van der Waals surface area (Å²) in [5.41, 5.74) is 0. The van der Waals surface area contributed by atoms with Crippen molar-refractivity contribution in [1.29, 1.82) is 0 Å². The number of hydrogen-bond donors (Lipinski definition) is 1. The average Bonchev–Trinajstić information content (AvgIpc) is 2.18. The van der Waals surface area contributed by atoms with Gasteiger partial charge in [0.05, 0.1) is 0 Å². The average molecular weight is 216 g/mol. The van der Waals surface area contributed by atoms with Crippen LogP contribution in [0.3, 0.4) is 0 Å². The summed E-state index contributed by atoms with van der Waals surface area (Å²) in [6.07, 6.45) is 3.73. The second-order valence-corrected chi connectivity index (χ2v) is 3.18. The lowest BCUT2D eigenvalue weighted by molar-refractivity contribution is 0.194. The van der Waals surface area contributed by atoms with E-state index in [0.29, 0.717) is 0 Å². The van der Waals surface area contributed by atoms with E-state index in [1.54, 1.807) is 19.4 Å². The Kier molecular flexibility index (Phi) is 5.25. The van der Waals surface area contributed by atoms with Gasteiger partial charge in [-0.2, -0.15) is 0 Å². The van der Waals surface area contributed by atoms with Gasteiger partial charge in [0, 0.05) is 26.5 Å². The molecule has 0 bridgehead atoms. The van der Waals surface area contributed by atoms with E-state index in [4.69, 9.17) is 16.3 Å². The third-order valence-electron chi connectivity index (χ3n) is 1.71. The van der Waals surface area contributed by atoms with Gasteiger partial charge in [-0.15, -0.1) is 0 Å². The van der Waals surface area contributed by atoms with E-state index in [1.807, 2.05) is 0 Å². The molecule has 1 aromatic heterocycles. The van der Waals surface area contributed by atoms with Gasteiger partial charge in [-0.1, -0.05) is 0 Å². The van der Waals surface area contributed by atoms with Crippen LogP contribution in [-0.4, -0.2) is 30.2 Å². The molecule has 0 radical (unpaired) electrons. The molecule has 4 nitrogen and oxygen atoms in total. The summed E-state index contributed by atoms with van der Waals surface area (Å²) in [5.74, 6) is 0.766. The van der Waals surface area contributed by atoms with Gasteiger partial charge in [0.2, 0.25) is 5.28 Å². The number of halogens is 1. The van der Waals surface area contributed by atoms with E-state index in [-0.39, 0.29) is 5.28 Å². The quantitative estimate of drug-likeness (QED) is 0.582. The highest BCUT2D eigenvalue weighted by Gasteiger charge is 1.94. The molecule has 0 saturated heterocycles. The molecule has 0 aliphatic rings. The van der Waals surface area contributed by atoms with Crippen molar-refractivity contribution in [3.63, 3.8) is 0 Å². The molecule has 0 aliphatic heterocycles. The number of ether oxygens (including phenoxy) is 1. The van der Waals surface area contributed by atoms with Crippen LogP contribution in [-0.2, 0) is 4.74 Å². The number of rotatable bonds is 6. The minimum atomic E-state index is 0.270. The lowest BCUT2D eigenvalue weighted by Gasteiger charge is -2.04. The van der Waals surface area contributed by atoms with Crippen LogP contribution in [0.1, 0.15) is 12.8 Å². The summed E-state index contributed by atoms with van der Waals surface area (Å²) in [4.78, 5) is 7.79. The van der Waals surface area contributed by atoms with E-state index in [1.165, 1.54) is 0 Å². The van der Waals surface area contributed by atoms with Gasteiger partial charge < -0.3 is 10.1 Å². The minimum Gasteiger partial charge on any atom is -0.385 e. The number of nitrogens with one attached hydrogen (secondary N) is 1. The summed E-state index contributed by atoms with van der Waals surface area (Å²) >= 11 is 5.63. The first-order valence-corrected chi connectivity index (χ1v) is 4.92. The van der Waals surface area contributed by atoms with Crippen LogP contribution < -0.4 is 5.32 Å². The van der Waals surface area contributed by atoms with Crippen molar-refractivity contribution in [1.82, 2.24) is 9.97 Å². The van der Waals surface area contributed by atoms with Crippen LogP contribution >= 0.6 is 11.6 Å². The second kappa shape index (κ2) is 6.56. The zero-order valence-corrected chi connectivity index (χ0v) is 8.92. The number of hydrogen-bond acceptors (Lipinski definition) is 4. The monoisotopic (exact) mass is 215 g/mol. The third kappa shape index (κ3) is 4.39. The molecule has 0 spiro atoms. The first-order valence-electron chi connectivity index (χ1n) is 4.54. The van der Waals surface area contributed by atoms with E-state index in [2.05, 4.69) is 15.3 Å². The Labute approximate surface area is 88.7 Å². The summed E-state index contributed by atoms with van der Waals surface area (Å²) in [6, 6.07) is 1.79. The fourth-order valence-electron chi connectivity index (χ4n) is 1.02. The fourth-order valence-corrected chi connectivity index (χ4v) is 1.17. The molecule has 0 aromatic carbocycles. The van der Waals surface area contributed by atoms with Crippen molar-refractivity contribution < 1.29 is 4.74 Å². The maximum atomic E-state index is 5.63. The topological polar surface area (TPSA) is 47.0 Å². The molecule has 0 atom stereocenters. The van der Waals surface area contributed by atoms with Crippen molar-refractivity contribution in [2.45, 2.75) is 12.8 Å². The highest BCUT2D eigenvalue weighted by atomic mass is 35.5. The van der Waals surface area contributed by atoms with Crippen molar-refractivity contribution in [2.24, 2.45) is 0 Å². The molecule has 0 amide bonds. The van der Waals surface area contributed by atoms with Crippen molar-refractivity contribution in [2.75, 3.05) is 25.6 Å². The molecule has 5 heteroatoms. The van der Waals surface area contributed by atoms with Gasteiger partial charge in [-0.25, -0.2) is 9.97 Å². The van der Waals surface area contributed by atoms with E-state index in [9.17, 15) is 0 Å². The number of nitrogens with zero attached hydrogens (tertiary/aromatic N) is 2. The Morgan fingerprint density at radius 3 is 3.07 bits per heavy atom. The summed E-state index contributed by atoms with van der Waals surface area (Å²) in [7, 11) is 1.71. The first kappa shape index (κ1) is 11.2. The van der Waals surface area contributed by atoms with Crippen LogP contribution in [0.25, 0.3) is 0 Å². The SMILES string of the molecule is COCCCCNc1ccnc(Cl)n1. The molecule has 1 rings (SSSR count). The number of anilines is 1. The Hall–Kier alpha value is -0.870. The molecule has 14 heavy (non-hydrogen) atoms. The summed E-state index contributed by atoms with van der Waals surface area (Å²) in [6.45, 7) is 1.67. The second-order valence-electron chi connectivity index (χ2n) is 2.84. The number of unbranched alkanes of at least 4 members (excludes halogenated alkanes) is 1. The molecule has 0 aliphatic carbocycles. The van der Waals surface area contributed by atoms with Crippen molar-refractivity contribution >= 4 is 17.4 Å². The van der Waals surface area contributed by atoms with Gasteiger partial charge in [-0.05, 0) is 30.5 Å². The Morgan fingerprint density at radius 1 is 1.50 bits per heavy atom. The van der Waals surface area contributed by atoms with Gasteiger partial charge in [0.25, 0.3) is 0 Å². The molecule has 0 fully saturated rings. The van der Waals surface area contributed by atoms with E-state index >= 15 is 0 Å². The van der Waals surface area contributed by atoms with Gasteiger partial charge in [-0.3, -0.25) is 0 Å². The highest BCUT2D eigenvalue weighted by Crippen LogP contribution is 2.05. The molecule has 78 valence electrons. The zero-order valence-electron chi connectivity index (χ0n) is 8.16. The van der Waals surface area contributed by atoms with Crippen LogP contribution in [0.15, 0.2) is 12.3 Å². The number of aromatic nitrogens is 2. The molecular weight excluding hydrogens is 202 g/mol. The molecular formula is C9H14ClN3O. The molecule has 0 unspecified atom stereocenters. The third-order valence-corrected chi connectivity index (χ3v) is 1.89. The smallest absolute Gasteiger partial charge is 0.224 e. The summed E-state index contributed by atoms with van der Waals surface area (Å²) in [5, 5.41) is 3.42. The molecule has 1 heterocycles. The molecule has 1 N–H and O–H groups in total.